The van der Waals surface area contributed by atoms with Gasteiger partial charge in [0.15, 0.2) is 0 Å². The number of carboxylic acid groups (broad SMARTS) is 1. The van der Waals surface area contributed by atoms with E-state index < -0.39 is 18.0 Å². The summed E-state index contributed by atoms with van der Waals surface area (Å²) in [7, 11) is 2.00. The molecule has 0 aromatic carbocycles. The summed E-state index contributed by atoms with van der Waals surface area (Å²) in [6, 6.07) is 0.158. The van der Waals surface area contributed by atoms with Crippen molar-refractivity contribution in [2.45, 2.75) is 56.7 Å². The Morgan fingerprint density at radius 2 is 2.24 bits per heavy atom. The number of fused-ring (bicyclic) bond motifs is 1. The molecule has 0 radical (unpaired) electrons. The summed E-state index contributed by atoms with van der Waals surface area (Å²) < 4.78 is 4.19. The van der Waals surface area contributed by atoms with Gasteiger partial charge in [-0.15, -0.1) is 11.8 Å². The number of hydrogen-bond donors (Lipinski definition) is 3. The number of carboxylic acids is 1. The number of imidazole rings is 1. The first-order valence-corrected chi connectivity index (χ1v) is 11.1. The molecule has 1 aromatic rings. The van der Waals surface area contributed by atoms with Crippen molar-refractivity contribution in [1.82, 2.24) is 14.8 Å². The first-order chi connectivity index (χ1) is 13.8. The molecule has 0 spiro atoms. The SMILES string of the molecule is C[C@@H](O)[C@H]1C(=O)N2C(C(=O)O)=C(S[C@H]3CN[C@H](CCn4cc[n+](C)c4)C3)[C@H](C)[C@H]12. The highest BCUT2D eigenvalue weighted by Crippen LogP contribution is 2.51. The van der Waals surface area contributed by atoms with Gasteiger partial charge in [0.2, 0.25) is 12.2 Å². The van der Waals surface area contributed by atoms with E-state index in [2.05, 4.69) is 22.4 Å². The number of thioether (sulfide) groups is 1. The maximum atomic E-state index is 12.4. The first-order valence-electron chi connectivity index (χ1n) is 10.2. The minimum absolute atomic E-state index is 0.0673. The quantitative estimate of drug-likeness (QED) is 0.433. The average molecular weight is 422 g/mol. The summed E-state index contributed by atoms with van der Waals surface area (Å²) in [5.41, 5.74) is 0.123. The number of nitrogens with zero attached hydrogens (tertiary/aromatic N) is 3. The number of β-lactam (4-membered cyclic amide) rings is 1. The van der Waals surface area contributed by atoms with Gasteiger partial charge in [-0.1, -0.05) is 6.92 Å². The van der Waals surface area contributed by atoms with Gasteiger partial charge in [-0.3, -0.25) is 4.79 Å². The van der Waals surface area contributed by atoms with Crippen molar-refractivity contribution in [3.8, 4) is 0 Å². The fourth-order valence-corrected chi connectivity index (χ4v) is 6.41. The molecular weight excluding hydrogens is 392 g/mol. The fourth-order valence-electron chi connectivity index (χ4n) is 4.89. The third-order valence-electron chi connectivity index (χ3n) is 6.35. The molecule has 9 heteroatoms. The highest BCUT2D eigenvalue weighted by Gasteiger charge is 2.60. The van der Waals surface area contributed by atoms with Crippen LogP contribution in [0.25, 0.3) is 0 Å². The number of carbonyl (C=O) groups is 2. The van der Waals surface area contributed by atoms with Crippen LogP contribution in [-0.4, -0.2) is 61.5 Å². The number of nitrogens with one attached hydrogen (secondary N) is 1. The van der Waals surface area contributed by atoms with Crippen LogP contribution in [0.3, 0.4) is 0 Å². The molecule has 6 atom stereocenters. The Morgan fingerprint density at radius 3 is 2.86 bits per heavy atom. The van der Waals surface area contributed by atoms with Crippen LogP contribution >= 0.6 is 11.8 Å². The number of rotatable bonds is 7. The van der Waals surface area contributed by atoms with Gasteiger partial charge in [-0.2, -0.15) is 0 Å². The van der Waals surface area contributed by atoms with Gasteiger partial charge >= 0.3 is 5.97 Å². The molecule has 2 fully saturated rings. The lowest BCUT2D eigenvalue weighted by Crippen LogP contribution is -2.63. The molecule has 0 aliphatic carbocycles. The van der Waals surface area contributed by atoms with E-state index in [0.717, 1.165) is 30.8 Å². The maximum absolute atomic E-state index is 12.4. The molecule has 0 saturated carbocycles. The van der Waals surface area contributed by atoms with Crippen LogP contribution in [0.4, 0.5) is 0 Å². The third kappa shape index (κ3) is 3.60. The van der Waals surface area contributed by atoms with E-state index in [1.165, 1.54) is 4.90 Å². The first kappa shape index (κ1) is 20.4. The number of aliphatic hydroxyl groups is 1. The predicted octanol–water partition coefficient (Wildman–Crippen LogP) is 0.320. The molecule has 158 valence electrons. The van der Waals surface area contributed by atoms with Gasteiger partial charge in [0.25, 0.3) is 0 Å². The summed E-state index contributed by atoms with van der Waals surface area (Å²) in [5, 5.41) is 23.6. The normalized spacial score (nSPS) is 32.5. The summed E-state index contributed by atoms with van der Waals surface area (Å²) in [6.07, 6.45) is 7.37. The van der Waals surface area contributed by atoms with Gasteiger partial charge in [0.05, 0.1) is 31.7 Å². The minimum Gasteiger partial charge on any atom is -0.477 e. The number of aliphatic carboxylic acids is 1. The number of aromatic nitrogens is 2. The molecular formula is C20H29N4O4S+. The van der Waals surface area contributed by atoms with Crippen molar-refractivity contribution in [2.75, 3.05) is 6.54 Å². The van der Waals surface area contributed by atoms with Gasteiger partial charge in [0, 0.05) is 35.1 Å². The lowest BCUT2D eigenvalue weighted by atomic mass is 9.79. The Morgan fingerprint density at radius 1 is 1.48 bits per heavy atom. The number of aliphatic hydroxyl groups excluding tert-OH is 1. The largest absolute Gasteiger partial charge is 0.477 e. The Balaban J connectivity index is 1.41. The topological polar surface area (TPSA) is 98.7 Å². The van der Waals surface area contributed by atoms with Crippen molar-refractivity contribution >= 4 is 23.6 Å². The van der Waals surface area contributed by atoms with Crippen molar-refractivity contribution in [2.24, 2.45) is 18.9 Å². The van der Waals surface area contributed by atoms with E-state index in [1.807, 2.05) is 24.7 Å². The fraction of sp³-hybridized carbons (Fsp3) is 0.650. The predicted molar refractivity (Wildman–Crippen MR) is 108 cm³/mol. The zero-order valence-electron chi connectivity index (χ0n) is 17.0. The molecule has 4 rings (SSSR count). The number of aryl methyl sites for hydroxylation is 2. The van der Waals surface area contributed by atoms with Crippen LogP contribution < -0.4 is 9.88 Å². The van der Waals surface area contributed by atoms with Crippen LogP contribution in [0, 0.1) is 11.8 Å². The van der Waals surface area contributed by atoms with Crippen molar-refractivity contribution < 1.29 is 24.4 Å². The van der Waals surface area contributed by atoms with E-state index in [-0.39, 0.29) is 28.8 Å². The van der Waals surface area contributed by atoms with Gasteiger partial charge < -0.3 is 20.4 Å². The van der Waals surface area contributed by atoms with Crippen LogP contribution in [0.2, 0.25) is 0 Å². The van der Waals surface area contributed by atoms with E-state index in [9.17, 15) is 19.8 Å². The smallest absolute Gasteiger partial charge is 0.353 e. The molecule has 3 N–H and O–H groups in total. The average Bonchev–Trinajstić information content (AvgIpc) is 3.32. The highest BCUT2D eigenvalue weighted by molar-refractivity contribution is 8.03. The van der Waals surface area contributed by atoms with Crippen molar-refractivity contribution in [1.29, 1.82) is 0 Å². The van der Waals surface area contributed by atoms with E-state index in [1.54, 1.807) is 18.7 Å². The third-order valence-corrected chi connectivity index (χ3v) is 7.86. The Hall–Kier alpha value is -1.84. The van der Waals surface area contributed by atoms with E-state index in [4.69, 9.17) is 0 Å². The Kier molecular flexibility index (Phi) is 5.48. The number of amides is 1. The summed E-state index contributed by atoms with van der Waals surface area (Å²) in [6.45, 7) is 5.35. The molecule has 0 bridgehead atoms. The summed E-state index contributed by atoms with van der Waals surface area (Å²) in [5.74, 6) is -1.90. The highest BCUT2D eigenvalue weighted by atomic mass is 32.2. The van der Waals surface area contributed by atoms with Crippen LogP contribution in [0.15, 0.2) is 29.3 Å². The lowest BCUT2D eigenvalue weighted by Gasteiger charge is -2.46. The van der Waals surface area contributed by atoms with Crippen molar-refractivity contribution in [3.63, 3.8) is 0 Å². The second-order valence-electron chi connectivity index (χ2n) is 8.46. The van der Waals surface area contributed by atoms with Crippen molar-refractivity contribution in [3.05, 3.63) is 29.3 Å². The van der Waals surface area contributed by atoms with E-state index >= 15 is 0 Å². The number of hydrogen-bond acceptors (Lipinski definition) is 5. The Labute approximate surface area is 174 Å². The van der Waals surface area contributed by atoms with Crippen LogP contribution in [-0.2, 0) is 23.2 Å². The zero-order chi connectivity index (χ0) is 20.9. The molecule has 1 amide bonds. The zero-order valence-corrected chi connectivity index (χ0v) is 17.8. The molecule has 3 aliphatic rings. The molecule has 29 heavy (non-hydrogen) atoms. The molecule has 3 aliphatic heterocycles. The molecule has 1 aromatic heterocycles. The summed E-state index contributed by atoms with van der Waals surface area (Å²) in [4.78, 5) is 26.5. The standard InChI is InChI=1S/C20H28N4O4S/c1-11-16-15(12(2)25)19(26)24(16)17(20(27)28)18(11)29-14-8-13(21-9-14)4-5-23-7-6-22(3)10-23/h6-7,10-16,21,25H,4-5,8-9H2,1-3H3/p+1/t11-,12-,13-,14-,15-,16-/m1/s1. The molecule has 4 heterocycles. The van der Waals surface area contributed by atoms with Crippen LogP contribution in [0.1, 0.15) is 26.7 Å². The summed E-state index contributed by atoms with van der Waals surface area (Å²) >= 11 is 1.60. The van der Waals surface area contributed by atoms with Crippen LogP contribution in [0.5, 0.6) is 0 Å². The lowest BCUT2D eigenvalue weighted by molar-refractivity contribution is -0.671. The number of carbonyl (C=O) groups excluding carboxylic acids is 1. The minimum atomic E-state index is -1.05. The maximum Gasteiger partial charge on any atom is 0.353 e. The molecule has 0 unspecified atom stereocenters. The van der Waals surface area contributed by atoms with E-state index in [0.29, 0.717) is 6.04 Å². The molecule has 8 nitrogen and oxygen atoms in total. The van der Waals surface area contributed by atoms with Gasteiger partial charge in [-0.25, -0.2) is 13.9 Å². The monoisotopic (exact) mass is 421 g/mol. The second kappa shape index (κ2) is 7.77. The van der Waals surface area contributed by atoms with Gasteiger partial charge in [-0.05, 0) is 13.3 Å². The molecule has 2 saturated heterocycles. The van der Waals surface area contributed by atoms with Gasteiger partial charge in [0.1, 0.15) is 18.1 Å². The second-order valence-corrected chi connectivity index (χ2v) is 9.80. The Bertz CT molecular complexity index is 851.